The fourth-order valence-electron chi connectivity index (χ4n) is 1.35. The molecule has 2 heterocycles. The van der Waals surface area contributed by atoms with Crippen LogP contribution in [0.4, 0.5) is 0 Å². The van der Waals surface area contributed by atoms with Crippen molar-refractivity contribution in [1.82, 2.24) is 20.5 Å². The lowest BCUT2D eigenvalue weighted by molar-refractivity contribution is -0.128. The van der Waals surface area contributed by atoms with E-state index in [1.807, 2.05) is 26.8 Å². The van der Waals surface area contributed by atoms with E-state index in [1.54, 1.807) is 18.5 Å². The summed E-state index contributed by atoms with van der Waals surface area (Å²) in [5.74, 6) is 0.707. The van der Waals surface area contributed by atoms with E-state index in [1.165, 1.54) is 0 Å². The predicted octanol–water partition coefficient (Wildman–Crippen LogP) is 1.79. The van der Waals surface area contributed by atoms with E-state index < -0.39 is 5.41 Å². The Hall–Kier alpha value is -2.24. The molecule has 0 saturated carbocycles. The smallest absolute Gasteiger partial charge is 0.249 e. The highest BCUT2D eigenvalue weighted by molar-refractivity contribution is 5.81. The zero-order valence-electron chi connectivity index (χ0n) is 11.2. The molecule has 2 rings (SSSR count). The normalized spacial score (nSPS) is 11.3. The highest BCUT2D eigenvalue weighted by atomic mass is 16.4. The number of carbonyl (C=O) groups excluding carboxylic acids is 1. The Bertz CT molecular complexity index is 558. The lowest BCUT2D eigenvalue weighted by Gasteiger charge is -2.16. The minimum atomic E-state index is -0.438. The summed E-state index contributed by atoms with van der Waals surface area (Å²) >= 11 is 0. The first-order chi connectivity index (χ1) is 8.97. The molecule has 0 fully saturated rings. The summed E-state index contributed by atoms with van der Waals surface area (Å²) in [6.45, 7) is 5.76. The van der Waals surface area contributed by atoms with E-state index in [2.05, 4.69) is 20.5 Å². The molecule has 0 spiro atoms. The van der Waals surface area contributed by atoms with Gasteiger partial charge in [0.25, 0.3) is 0 Å². The number of hydrogen-bond donors (Lipinski definition) is 1. The first-order valence-corrected chi connectivity index (χ1v) is 5.98. The van der Waals surface area contributed by atoms with Crippen molar-refractivity contribution in [1.29, 1.82) is 0 Å². The molecule has 2 aromatic rings. The summed E-state index contributed by atoms with van der Waals surface area (Å²) in [6.07, 6.45) is 3.31. The second kappa shape index (κ2) is 5.17. The molecule has 0 atom stereocenters. The molecule has 6 nitrogen and oxygen atoms in total. The molecule has 0 saturated heterocycles. The van der Waals surface area contributed by atoms with E-state index in [0.717, 1.165) is 5.56 Å². The van der Waals surface area contributed by atoms with Crippen molar-refractivity contribution < 1.29 is 9.21 Å². The zero-order chi connectivity index (χ0) is 13.9. The number of nitrogens with one attached hydrogen (secondary N) is 1. The summed E-state index contributed by atoms with van der Waals surface area (Å²) in [5.41, 5.74) is 0.315. The minimum absolute atomic E-state index is 0.0615. The first kappa shape index (κ1) is 13.2. The van der Waals surface area contributed by atoms with Crippen LogP contribution in [-0.4, -0.2) is 21.1 Å². The Balaban J connectivity index is 2.01. The van der Waals surface area contributed by atoms with Gasteiger partial charge in [-0.1, -0.05) is 20.8 Å². The summed E-state index contributed by atoms with van der Waals surface area (Å²) in [7, 11) is 0. The highest BCUT2D eigenvalue weighted by Gasteiger charge is 2.21. The summed E-state index contributed by atoms with van der Waals surface area (Å²) in [5, 5.41) is 10.6. The zero-order valence-corrected chi connectivity index (χ0v) is 11.2. The first-order valence-electron chi connectivity index (χ1n) is 5.98. The second-order valence-corrected chi connectivity index (χ2v) is 5.18. The summed E-state index contributed by atoms with van der Waals surface area (Å²) in [6, 6.07) is 3.62. The van der Waals surface area contributed by atoms with Crippen LogP contribution in [0.1, 0.15) is 26.7 Å². The Labute approximate surface area is 111 Å². The molecule has 19 heavy (non-hydrogen) atoms. The molecule has 0 radical (unpaired) electrons. The van der Waals surface area contributed by atoms with Crippen molar-refractivity contribution in [2.75, 3.05) is 0 Å². The summed E-state index contributed by atoms with van der Waals surface area (Å²) < 4.78 is 5.46. The van der Waals surface area contributed by atoms with Crippen molar-refractivity contribution >= 4 is 5.91 Å². The number of hydrogen-bond acceptors (Lipinski definition) is 5. The average molecular weight is 260 g/mol. The highest BCUT2D eigenvalue weighted by Crippen LogP contribution is 2.16. The quantitative estimate of drug-likeness (QED) is 0.910. The number of carbonyl (C=O) groups is 1. The van der Waals surface area contributed by atoms with E-state index >= 15 is 0 Å². The van der Waals surface area contributed by atoms with Gasteiger partial charge < -0.3 is 9.73 Å². The average Bonchev–Trinajstić information content (AvgIpc) is 2.84. The second-order valence-electron chi connectivity index (χ2n) is 5.18. The minimum Gasteiger partial charge on any atom is -0.419 e. The maximum absolute atomic E-state index is 11.7. The number of pyridine rings is 1. The number of nitrogens with zero attached hydrogens (tertiary/aromatic N) is 3. The van der Waals surface area contributed by atoms with Crippen molar-refractivity contribution in [2.24, 2.45) is 5.41 Å². The van der Waals surface area contributed by atoms with Gasteiger partial charge in [-0.25, -0.2) is 0 Å². The molecule has 0 aliphatic carbocycles. The molecule has 0 bridgehead atoms. The van der Waals surface area contributed by atoms with Gasteiger partial charge >= 0.3 is 0 Å². The number of rotatable bonds is 3. The van der Waals surface area contributed by atoms with Crippen LogP contribution in [0.15, 0.2) is 28.9 Å². The molecule has 1 amide bonds. The van der Waals surface area contributed by atoms with Gasteiger partial charge in [-0.15, -0.1) is 10.2 Å². The molecule has 0 aromatic carbocycles. The fraction of sp³-hybridized carbons (Fsp3) is 0.385. The van der Waals surface area contributed by atoms with Gasteiger partial charge in [0.2, 0.25) is 17.7 Å². The van der Waals surface area contributed by atoms with Crippen molar-refractivity contribution in [3.63, 3.8) is 0 Å². The third-order valence-electron chi connectivity index (χ3n) is 2.46. The van der Waals surface area contributed by atoms with Crippen LogP contribution in [0.3, 0.4) is 0 Å². The SMILES string of the molecule is CC(C)(C)C(=O)NCc1nnc(-c2cccnc2)o1. The van der Waals surface area contributed by atoms with Gasteiger partial charge in [0, 0.05) is 17.8 Å². The topological polar surface area (TPSA) is 80.9 Å². The van der Waals surface area contributed by atoms with E-state index in [9.17, 15) is 4.79 Å². The third kappa shape index (κ3) is 3.37. The molecule has 100 valence electrons. The molecule has 0 aliphatic rings. The van der Waals surface area contributed by atoms with Crippen LogP contribution in [0.25, 0.3) is 11.5 Å². The molecular weight excluding hydrogens is 244 g/mol. The lowest BCUT2D eigenvalue weighted by atomic mass is 9.96. The molecule has 0 unspecified atom stereocenters. The van der Waals surface area contributed by atoms with Gasteiger partial charge in [0.05, 0.1) is 12.1 Å². The lowest BCUT2D eigenvalue weighted by Crippen LogP contribution is -2.34. The van der Waals surface area contributed by atoms with Crippen LogP contribution < -0.4 is 5.32 Å². The van der Waals surface area contributed by atoms with Crippen LogP contribution in [0.2, 0.25) is 0 Å². The molecular formula is C13H16N4O2. The molecule has 2 aromatic heterocycles. The largest absolute Gasteiger partial charge is 0.419 e. The van der Waals surface area contributed by atoms with Crippen molar-refractivity contribution in [3.05, 3.63) is 30.4 Å². The number of amides is 1. The van der Waals surface area contributed by atoms with Crippen molar-refractivity contribution in [2.45, 2.75) is 27.3 Å². The van der Waals surface area contributed by atoms with Crippen LogP contribution in [0.5, 0.6) is 0 Å². The summed E-state index contributed by atoms with van der Waals surface area (Å²) in [4.78, 5) is 15.7. The Morgan fingerprint density at radius 1 is 1.37 bits per heavy atom. The van der Waals surface area contributed by atoms with Gasteiger partial charge in [-0.2, -0.15) is 0 Å². The van der Waals surface area contributed by atoms with Crippen LogP contribution in [-0.2, 0) is 11.3 Å². The Morgan fingerprint density at radius 2 is 2.16 bits per heavy atom. The standard InChI is InChI=1S/C13H16N4O2/c1-13(2,3)12(18)15-8-10-16-17-11(19-10)9-5-4-6-14-7-9/h4-7H,8H2,1-3H3,(H,15,18). The molecule has 1 N–H and O–H groups in total. The number of aromatic nitrogens is 3. The monoisotopic (exact) mass is 260 g/mol. The third-order valence-corrected chi connectivity index (χ3v) is 2.46. The van der Waals surface area contributed by atoms with Gasteiger partial charge in [0.15, 0.2) is 0 Å². The van der Waals surface area contributed by atoms with Crippen molar-refractivity contribution in [3.8, 4) is 11.5 Å². The predicted molar refractivity (Wildman–Crippen MR) is 68.8 cm³/mol. The van der Waals surface area contributed by atoms with Gasteiger partial charge in [-0.05, 0) is 12.1 Å². The molecule has 0 aliphatic heterocycles. The fourth-order valence-corrected chi connectivity index (χ4v) is 1.35. The van der Waals surface area contributed by atoms with E-state index in [0.29, 0.717) is 11.8 Å². The maximum Gasteiger partial charge on any atom is 0.249 e. The Morgan fingerprint density at radius 3 is 2.79 bits per heavy atom. The Kier molecular flexibility index (Phi) is 3.59. The van der Waals surface area contributed by atoms with Crippen LogP contribution in [0, 0.1) is 5.41 Å². The van der Waals surface area contributed by atoms with Gasteiger partial charge in [-0.3, -0.25) is 9.78 Å². The molecule has 6 heteroatoms. The van der Waals surface area contributed by atoms with E-state index in [-0.39, 0.29) is 12.5 Å². The van der Waals surface area contributed by atoms with Crippen LogP contribution >= 0.6 is 0 Å². The van der Waals surface area contributed by atoms with E-state index in [4.69, 9.17) is 4.42 Å². The van der Waals surface area contributed by atoms with Gasteiger partial charge in [0.1, 0.15) is 0 Å². The maximum atomic E-state index is 11.7.